The van der Waals surface area contributed by atoms with Gasteiger partial charge in [0.05, 0.1) is 0 Å². The lowest BCUT2D eigenvalue weighted by atomic mass is 10.2. The van der Waals surface area contributed by atoms with E-state index < -0.39 is 11.6 Å². The first-order valence-electron chi connectivity index (χ1n) is 5.15. The smallest absolute Gasteiger partial charge is 0.227 e. The third-order valence-electron chi connectivity index (χ3n) is 2.52. The molecule has 0 saturated heterocycles. The van der Waals surface area contributed by atoms with Crippen molar-refractivity contribution in [1.82, 2.24) is 4.98 Å². The van der Waals surface area contributed by atoms with E-state index in [1.165, 1.54) is 24.3 Å². The summed E-state index contributed by atoms with van der Waals surface area (Å²) in [5.74, 6) is -2.17. The summed E-state index contributed by atoms with van der Waals surface area (Å²) in [5, 5.41) is 0. The highest BCUT2D eigenvalue weighted by Gasteiger charge is 2.12. The number of rotatable bonds is 1. The molecule has 0 fully saturated rings. The molecular weight excluding hydrogens is 243 g/mol. The molecule has 1 aromatic heterocycles. The number of nitrogens with zero attached hydrogens (tertiary/aromatic N) is 1. The summed E-state index contributed by atoms with van der Waals surface area (Å²) in [6, 6.07) is 7.36. The van der Waals surface area contributed by atoms with Gasteiger partial charge in [-0.25, -0.2) is 18.2 Å². The Labute approximate surface area is 99.7 Å². The quantitative estimate of drug-likeness (QED) is 0.653. The summed E-state index contributed by atoms with van der Waals surface area (Å²) in [6.07, 6.45) is 0. The van der Waals surface area contributed by atoms with Crippen molar-refractivity contribution in [2.75, 3.05) is 0 Å². The van der Waals surface area contributed by atoms with Crippen LogP contribution in [0.2, 0.25) is 0 Å². The molecule has 3 rings (SSSR count). The molecule has 3 aromatic rings. The lowest BCUT2D eigenvalue weighted by Crippen LogP contribution is -1.82. The first-order chi connectivity index (χ1) is 8.63. The summed E-state index contributed by atoms with van der Waals surface area (Å²) in [5.41, 5.74) is 0.898. The molecule has 2 nitrogen and oxygen atoms in total. The Balaban J connectivity index is 2.16. The van der Waals surface area contributed by atoms with Gasteiger partial charge in [-0.3, -0.25) is 0 Å². The molecule has 0 saturated carbocycles. The molecular formula is C13H6F3NO. The third kappa shape index (κ3) is 1.73. The van der Waals surface area contributed by atoms with Gasteiger partial charge in [-0.1, -0.05) is 0 Å². The standard InChI is InChI=1S/C13H6F3NO/c14-8-3-1-7(2-4-8)13-17-11-5-9(15)10(16)6-12(11)18-13/h1-6H. The van der Waals surface area contributed by atoms with Crippen molar-refractivity contribution < 1.29 is 17.6 Å². The first-order valence-corrected chi connectivity index (χ1v) is 5.15. The van der Waals surface area contributed by atoms with Gasteiger partial charge in [-0.2, -0.15) is 0 Å². The van der Waals surface area contributed by atoms with Crippen LogP contribution in [0.4, 0.5) is 13.2 Å². The normalized spacial score (nSPS) is 11.1. The van der Waals surface area contributed by atoms with E-state index in [1.807, 2.05) is 0 Å². The Kier molecular flexibility index (Phi) is 2.33. The van der Waals surface area contributed by atoms with Crippen LogP contribution in [0, 0.1) is 17.5 Å². The Morgan fingerprint density at radius 2 is 1.56 bits per heavy atom. The Hall–Kier alpha value is -2.30. The summed E-state index contributed by atoms with van der Waals surface area (Å²) < 4.78 is 44.1. The molecule has 0 bridgehead atoms. The van der Waals surface area contributed by atoms with Crippen molar-refractivity contribution in [3.63, 3.8) is 0 Å². The second-order valence-electron chi connectivity index (χ2n) is 3.76. The van der Waals surface area contributed by atoms with Crippen LogP contribution in [0.3, 0.4) is 0 Å². The number of hydrogen-bond donors (Lipinski definition) is 0. The van der Waals surface area contributed by atoms with E-state index in [-0.39, 0.29) is 22.8 Å². The lowest BCUT2D eigenvalue weighted by molar-refractivity contribution is 0.507. The second kappa shape index (κ2) is 3.87. The van der Waals surface area contributed by atoms with Gasteiger partial charge in [-0.05, 0) is 24.3 Å². The topological polar surface area (TPSA) is 26.0 Å². The molecule has 0 N–H and O–H groups in total. The molecule has 0 unspecified atom stereocenters. The SMILES string of the molecule is Fc1ccc(-c2nc3cc(F)c(F)cc3o2)cc1. The van der Waals surface area contributed by atoms with Gasteiger partial charge in [0.2, 0.25) is 5.89 Å². The third-order valence-corrected chi connectivity index (χ3v) is 2.52. The largest absolute Gasteiger partial charge is 0.436 e. The fourth-order valence-corrected chi connectivity index (χ4v) is 1.64. The monoisotopic (exact) mass is 249 g/mol. The fourth-order valence-electron chi connectivity index (χ4n) is 1.64. The molecule has 90 valence electrons. The highest BCUT2D eigenvalue weighted by atomic mass is 19.2. The number of hydrogen-bond acceptors (Lipinski definition) is 2. The van der Waals surface area contributed by atoms with Crippen molar-refractivity contribution in [3.05, 3.63) is 53.8 Å². The van der Waals surface area contributed by atoms with Crippen LogP contribution in [-0.4, -0.2) is 4.98 Å². The van der Waals surface area contributed by atoms with E-state index >= 15 is 0 Å². The number of benzene rings is 2. The minimum atomic E-state index is -0.996. The van der Waals surface area contributed by atoms with Crippen LogP contribution in [-0.2, 0) is 0 Å². The van der Waals surface area contributed by atoms with Crippen molar-refractivity contribution in [1.29, 1.82) is 0 Å². The zero-order chi connectivity index (χ0) is 12.7. The van der Waals surface area contributed by atoms with Gasteiger partial charge < -0.3 is 4.42 Å². The molecule has 0 radical (unpaired) electrons. The van der Waals surface area contributed by atoms with Crippen LogP contribution >= 0.6 is 0 Å². The first kappa shape index (κ1) is 10.8. The van der Waals surface area contributed by atoms with Gasteiger partial charge in [0.1, 0.15) is 11.3 Å². The predicted octanol–water partition coefficient (Wildman–Crippen LogP) is 3.91. The fraction of sp³-hybridized carbons (Fsp3) is 0. The molecule has 5 heteroatoms. The lowest BCUT2D eigenvalue weighted by Gasteiger charge is -1.93. The van der Waals surface area contributed by atoms with Crippen molar-refractivity contribution in [2.24, 2.45) is 0 Å². The van der Waals surface area contributed by atoms with E-state index in [2.05, 4.69) is 4.98 Å². The number of fused-ring (bicyclic) bond motifs is 1. The van der Waals surface area contributed by atoms with Gasteiger partial charge >= 0.3 is 0 Å². The summed E-state index contributed by atoms with van der Waals surface area (Å²) in [7, 11) is 0. The Bertz CT molecular complexity index is 680. The average molecular weight is 249 g/mol. The van der Waals surface area contributed by atoms with E-state index in [0.717, 1.165) is 12.1 Å². The van der Waals surface area contributed by atoms with Crippen molar-refractivity contribution in [2.45, 2.75) is 0 Å². The van der Waals surface area contributed by atoms with Crippen LogP contribution in [0.15, 0.2) is 40.8 Å². The Morgan fingerprint density at radius 3 is 2.28 bits per heavy atom. The highest BCUT2D eigenvalue weighted by Crippen LogP contribution is 2.25. The maximum atomic E-state index is 13.0. The van der Waals surface area contributed by atoms with Crippen LogP contribution in [0.25, 0.3) is 22.6 Å². The zero-order valence-corrected chi connectivity index (χ0v) is 8.95. The number of oxazole rings is 1. The second-order valence-corrected chi connectivity index (χ2v) is 3.76. The molecule has 1 heterocycles. The van der Waals surface area contributed by atoms with Gasteiger partial charge in [0.25, 0.3) is 0 Å². The predicted molar refractivity (Wildman–Crippen MR) is 59.3 cm³/mol. The van der Waals surface area contributed by atoms with E-state index in [4.69, 9.17) is 4.42 Å². The molecule has 0 aliphatic heterocycles. The minimum Gasteiger partial charge on any atom is -0.436 e. The van der Waals surface area contributed by atoms with Crippen molar-refractivity contribution >= 4 is 11.1 Å². The minimum absolute atomic E-state index is 0.147. The van der Waals surface area contributed by atoms with Crippen LogP contribution in [0.5, 0.6) is 0 Å². The maximum absolute atomic E-state index is 13.0. The number of aromatic nitrogens is 1. The van der Waals surface area contributed by atoms with E-state index in [9.17, 15) is 13.2 Å². The van der Waals surface area contributed by atoms with E-state index in [0.29, 0.717) is 5.56 Å². The molecule has 0 atom stereocenters. The van der Waals surface area contributed by atoms with E-state index in [1.54, 1.807) is 0 Å². The van der Waals surface area contributed by atoms with Crippen LogP contribution < -0.4 is 0 Å². The number of halogens is 3. The molecule has 0 spiro atoms. The molecule has 0 aliphatic carbocycles. The Morgan fingerprint density at radius 1 is 0.889 bits per heavy atom. The molecule has 2 aromatic carbocycles. The van der Waals surface area contributed by atoms with Gasteiger partial charge in [0, 0.05) is 17.7 Å². The summed E-state index contributed by atoms with van der Waals surface area (Å²) >= 11 is 0. The average Bonchev–Trinajstić information content (AvgIpc) is 2.73. The molecule has 0 aliphatic rings. The summed E-state index contributed by atoms with van der Waals surface area (Å²) in [4.78, 5) is 4.02. The highest BCUT2D eigenvalue weighted by molar-refractivity contribution is 5.76. The zero-order valence-electron chi connectivity index (χ0n) is 8.95. The summed E-state index contributed by atoms with van der Waals surface area (Å²) in [6.45, 7) is 0. The molecule has 18 heavy (non-hydrogen) atoms. The molecule has 0 amide bonds. The van der Waals surface area contributed by atoms with Crippen molar-refractivity contribution in [3.8, 4) is 11.5 Å². The maximum Gasteiger partial charge on any atom is 0.227 e. The van der Waals surface area contributed by atoms with Gasteiger partial charge in [0.15, 0.2) is 17.2 Å². The van der Waals surface area contributed by atoms with Crippen LogP contribution in [0.1, 0.15) is 0 Å². The van der Waals surface area contributed by atoms with Gasteiger partial charge in [-0.15, -0.1) is 0 Å².